The smallest absolute Gasteiger partial charge is 0.280 e. The van der Waals surface area contributed by atoms with Crippen LogP contribution in [0, 0.1) is 23.3 Å². The molecule has 4 aromatic rings. The summed E-state index contributed by atoms with van der Waals surface area (Å²) in [5.41, 5.74) is -3.68. The third kappa shape index (κ3) is 4.27. The van der Waals surface area contributed by atoms with E-state index in [1.165, 1.54) is 0 Å². The standard InChI is InChI=1S/C19H10F8N6O/c20-8-3-9(21)16(23)7(15(8)22)6-32-2-1-13(31-32)29-19(34)11-5-14-28-10(17(24)25)4-12(18(26)27)33(14)30-11/h1-5,17-18H,6H2,(H,29,31,34). The maximum Gasteiger partial charge on any atom is 0.280 e. The highest BCUT2D eigenvalue weighted by Gasteiger charge is 2.23. The molecule has 3 aromatic heterocycles. The summed E-state index contributed by atoms with van der Waals surface area (Å²) in [5.74, 6) is -7.63. The molecule has 0 spiro atoms. The third-order valence-electron chi connectivity index (χ3n) is 4.56. The van der Waals surface area contributed by atoms with Crippen molar-refractivity contribution >= 4 is 17.4 Å². The van der Waals surface area contributed by atoms with Gasteiger partial charge in [0.15, 0.2) is 40.4 Å². The molecule has 0 aliphatic heterocycles. The predicted octanol–water partition coefficient (Wildman–Crippen LogP) is 4.66. The van der Waals surface area contributed by atoms with E-state index < -0.39 is 76.9 Å². The zero-order valence-corrected chi connectivity index (χ0v) is 16.4. The summed E-state index contributed by atoms with van der Waals surface area (Å²) < 4.78 is 108. The number of fused-ring (bicyclic) bond motifs is 1. The van der Waals surface area contributed by atoms with Crippen LogP contribution >= 0.6 is 0 Å². The first-order chi connectivity index (χ1) is 16.0. The Kier molecular flexibility index (Phi) is 5.93. The van der Waals surface area contributed by atoms with Gasteiger partial charge in [0.1, 0.15) is 11.4 Å². The Morgan fingerprint density at radius 3 is 2.24 bits per heavy atom. The van der Waals surface area contributed by atoms with Crippen molar-refractivity contribution in [1.82, 2.24) is 24.4 Å². The summed E-state index contributed by atoms with van der Waals surface area (Å²) >= 11 is 0. The second kappa shape index (κ2) is 8.72. The third-order valence-corrected chi connectivity index (χ3v) is 4.56. The van der Waals surface area contributed by atoms with Crippen LogP contribution < -0.4 is 5.32 Å². The molecular weight excluding hydrogens is 480 g/mol. The molecule has 4 rings (SSSR count). The molecule has 0 unspecified atom stereocenters. The van der Waals surface area contributed by atoms with Gasteiger partial charge in [0.25, 0.3) is 18.8 Å². The Morgan fingerprint density at radius 2 is 1.62 bits per heavy atom. The van der Waals surface area contributed by atoms with Crippen molar-refractivity contribution in [1.29, 1.82) is 0 Å². The highest BCUT2D eigenvalue weighted by atomic mass is 19.3. The Morgan fingerprint density at radius 1 is 0.941 bits per heavy atom. The van der Waals surface area contributed by atoms with Crippen molar-refractivity contribution in [3.05, 3.63) is 76.4 Å². The largest absolute Gasteiger partial charge is 0.304 e. The molecule has 1 aromatic carbocycles. The minimum atomic E-state index is -3.19. The maximum atomic E-state index is 13.8. The highest BCUT2D eigenvalue weighted by molar-refractivity contribution is 6.02. The first kappa shape index (κ1) is 23.1. The number of hydrogen-bond acceptors (Lipinski definition) is 4. The van der Waals surface area contributed by atoms with Gasteiger partial charge in [-0.1, -0.05) is 0 Å². The molecule has 7 nitrogen and oxygen atoms in total. The summed E-state index contributed by atoms with van der Waals surface area (Å²) in [6.45, 7) is -0.728. The van der Waals surface area contributed by atoms with E-state index in [2.05, 4.69) is 20.5 Å². The predicted molar refractivity (Wildman–Crippen MR) is 98.5 cm³/mol. The Hall–Kier alpha value is -4.04. The summed E-state index contributed by atoms with van der Waals surface area (Å²) in [4.78, 5) is 15.9. The maximum absolute atomic E-state index is 13.8. The fourth-order valence-electron chi connectivity index (χ4n) is 3.02. The van der Waals surface area contributed by atoms with Gasteiger partial charge in [0.2, 0.25) is 0 Å². The zero-order chi connectivity index (χ0) is 24.7. The van der Waals surface area contributed by atoms with Gasteiger partial charge >= 0.3 is 0 Å². The van der Waals surface area contributed by atoms with Crippen LogP contribution in [0.15, 0.2) is 30.5 Å². The van der Waals surface area contributed by atoms with Crippen molar-refractivity contribution in [2.75, 3.05) is 5.32 Å². The van der Waals surface area contributed by atoms with Crippen LogP contribution in [0.25, 0.3) is 5.65 Å². The summed E-state index contributed by atoms with van der Waals surface area (Å²) in [7, 11) is 0. The van der Waals surface area contributed by atoms with E-state index >= 15 is 0 Å². The SMILES string of the molecule is O=C(Nc1ccn(Cc2c(F)c(F)cc(F)c2F)n1)c1cc2nc(C(F)F)cc(C(F)F)n2n1. The summed E-state index contributed by atoms with van der Waals surface area (Å²) in [6.07, 6.45) is -5.20. The Bertz CT molecular complexity index is 1370. The second-order valence-electron chi connectivity index (χ2n) is 6.81. The van der Waals surface area contributed by atoms with Crippen molar-refractivity contribution in [3.8, 4) is 0 Å². The van der Waals surface area contributed by atoms with Gasteiger partial charge in [-0.2, -0.15) is 10.2 Å². The van der Waals surface area contributed by atoms with Crippen LogP contribution in [0.1, 0.15) is 40.3 Å². The number of alkyl halides is 4. The molecule has 0 saturated carbocycles. The first-order valence-corrected chi connectivity index (χ1v) is 9.18. The lowest BCUT2D eigenvalue weighted by Crippen LogP contribution is -2.14. The number of nitrogens with one attached hydrogen (secondary N) is 1. The van der Waals surface area contributed by atoms with Crippen molar-refractivity contribution in [3.63, 3.8) is 0 Å². The van der Waals surface area contributed by atoms with Gasteiger partial charge in [-0.15, -0.1) is 0 Å². The molecule has 3 heterocycles. The number of hydrogen-bond donors (Lipinski definition) is 1. The number of nitrogens with zero attached hydrogens (tertiary/aromatic N) is 5. The number of amides is 1. The van der Waals surface area contributed by atoms with Crippen molar-refractivity contribution in [2.45, 2.75) is 19.4 Å². The van der Waals surface area contributed by atoms with Gasteiger partial charge in [-0.3, -0.25) is 9.48 Å². The molecular formula is C19H10F8N6O. The number of rotatable bonds is 6. The van der Waals surface area contributed by atoms with E-state index in [-0.39, 0.29) is 11.9 Å². The van der Waals surface area contributed by atoms with Crippen LogP contribution in [0.4, 0.5) is 40.9 Å². The van der Waals surface area contributed by atoms with Crippen LogP contribution in [0.5, 0.6) is 0 Å². The number of carbonyl (C=O) groups is 1. The van der Waals surface area contributed by atoms with E-state index in [0.717, 1.165) is 23.0 Å². The van der Waals surface area contributed by atoms with E-state index in [4.69, 9.17) is 0 Å². The monoisotopic (exact) mass is 490 g/mol. The minimum Gasteiger partial charge on any atom is -0.304 e. The van der Waals surface area contributed by atoms with Gasteiger partial charge in [0.05, 0.1) is 12.1 Å². The summed E-state index contributed by atoms with van der Waals surface area (Å²) in [6, 6.07) is 2.57. The van der Waals surface area contributed by atoms with E-state index in [1.807, 2.05) is 0 Å². The molecule has 0 fully saturated rings. The molecule has 1 N–H and O–H groups in total. The van der Waals surface area contributed by atoms with Crippen molar-refractivity contribution in [2.24, 2.45) is 0 Å². The molecule has 34 heavy (non-hydrogen) atoms. The van der Waals surface area contributed by atoms with Crippen LogP contribution in [-0.4, -0.2) is 30.3 Å². The molecule has 15 heteroatoms. The molecule has 0 radical (unpaired) electrons. The average molecular weight is 490 g/mol. The summed E-state index contributed by atoms with van der Waals surface area (Å²) in [5, 5.41) is 9.65. The lowest BCUT2D eigenvalue weighted by atomic mass is 10.2. The van der Waals surface area contributed by atoms with Crippen molar-refractivity contribution < 1.29 is 39.9 Å². The minimum absolute atomic E-state index is 0.0519. The van der Waals surface area contributed by atoms with Crippen LogP contribution in [0.2, 0.25) is 0 Å². The quantitative estimate of drug-likeness (QED) is 0.315. The molecule has 0 bridgehead atoms. The molecule has 178 valence electrons. The first-order valence-electron chi connectivity index (χ1n) is 9.18. The lowest BCUT2D eigenvalue weighted by molar-refractivity contribution is 0.102. The van der Waals surface area contributed by atoms with Crippen LogP contribution in [0.3, 0.4) is 0 Å². The second-order valence-corrected chi connectivity index (χ2v) is 6.81. The average Bonchev–Trinajstić information content (AvgIpc) is 3.41. The fraction of sp³-hybridized carbons (Fsp3) is 0.158. The Labute approximate surface area is 183 Å². The topological polar surface area (TPSA) is 77.1 Å². The lowest BCUT2D eigenvalue weighted by Gasteiger charge is -2.07. The number of anilines is 1. The zero-order valence-electron chi connectivity index (χ0n) is 16.4. The van der Waals surface area contributed by atoms with E-state index in [1.54, 1.807) is 0 Å². The number of halogens is 8. The van der Waals surface area contributed by atoms with Gasteiger partial charge < -0.3 is 5.32 Å². The number of aromatic nitrogens is 5. The highest BCUT2D eigenvalue weighted by Crippen LogP contribution is 2.26. The van der Waals surface area contributed by atoms with Gasteiger partial charge in [0, 0.05) is 24.4 Å². The molecule has 0 aliphatic rings. The fourth-order valence-corrected chi connectivity index (χ4v) is 3.02. The van der Waals surface area contributed by atoms with Gasteiger partial charge in [-0.25, -0.2) is 44.6 Å². The van der Waals surface area contributed by atoms with Crippen LogP contribution in [-0.2, 0) is 6.54 Å². The molecule has 0 atom stereocenters. The molecule has 0 aliphatic carbocycles. The number of benzene rings is 1. The number of carbonyl (C=O) groups excluding carboxylic acids is 1. The van der Waals surface area contributed by atoms with E-state index in [9.17, 15) is 39.9 Å². The van der Waals surface area contributed by atoms with E-state index in [0.29, 0.717) is 10.6 Å². The molecule has 0 saturated heterocycles. The van der Waals surface area contributed by atoms with Gasteiger partial charge in [-0.05, 0) is 6.07 Å². The Balaban J connectivity index is 1.57. The normalized spacial score (nSPS) is 11.7. The molecule has 1 amide bonds.